The van der Waals surface area contributed by atoms with E-state index in [1.165, 1.54) is 11.8 Å². The molecular formula is C18H15FN6OS. The molecule has 0 saturated carbocycles. The van der Waals surface area contributed by atoms with Gasteiger partial charge in [0, 0.05) is 22.7 Å². The number of hydrogen-bond donors (Lipinski definition) is 2. The van der Waals surface area contributed by atoms with Gasteiger partial charge in [-0.15, -0.1) is 11.8 Å². The van der Waals surface area contributed by atoms with E-state index in [2.05, 4.69) is 32.1 Å². The molecule has 0 fully saturated rings. The summed E-state index contributed by atoms with van der Waals surface area (Å²) in [5.74, 6) is 0.0592. The number of thioether (sulfide) groups is 1. The first-order valence-electron chi connectivity index (χ1n) is 7.98. The second-order valence-electron chi connectivity index (χ2n) is 5.96. The van der Waals surface area contributed by atoms with Crippen LogP contribution in [0.3, 0.4) is 0 Å². The van der Waals surface area contributed by atoms with Crippen LogP contribution in [0.4, 0.5) is 10.2 Å². The van der Waals surface area contributed by atoms with Crippen molar-refractivity contribution in [2.75, 3.05) is 11.6 Å². The molecule has 1 aromatic carbocycles. The van der Waals surface area contributed by atoms with Gasteiger partial charge in [-0.3, -0.25) is 14.9 Å². The zero-order chi connectivity index (χ0) is 19.1. The van der Waals surface area contributed by atoms with E-state index in [1.807, 2.05) is 6.26 Å². The Bertz CT molecular complexity index is 1210. The number of hydrogen-bond acceptors (Lipinski definition) is 5. The summed E-state index contributed by atoms with van der Waals surface area (Å²) in [7, 11) is 0. The lowest BCUT2D eigenvalue weighted by molar-refractivity contribution is -0.105. The molecule has 27 heavy (non-hydrogen) atoms. The molecule has 0 radical (unpaired) electrons. The van der Waals surface area contributed by atoms with Gasteiger partial charge in [-0.1, -0.05) is 6.58 Å². The fourth-order valence-electron chi connectivity index (χ4n) is 3.13. The number of rotatable bonds is 5. The number of fused-ring (bicyclic) bond motifs is 2. The van der Waals surface area contributed by atoms with Crippen molar-refractivity contribution in [1.29, 1.82) is 0 Å². The Kier molecular flexibility index (Phi) is 4.15. The Morgan fingerprint density at radius 3 is 2.93 bits per heavy atom. The summed E-state index contributed by atoms with van der Waals surface area (Å²) in [6, 6.07) is 0. The van der Waals surface area contributed by atoms with Gasteiger partial charge in [-0.2, -0.15) is 5.10 Å². The molecule has 0 aliphatic heterocycles. The molecule has 3 heterocycles. The van der Waals surface area contributed by atoms with Gasteiger partial charge in [0.25, 0.3) is 0 Å². The number of nitrogens with zero attached hydrogens (tertiary/aromatic N) is 4. The lowest BCUT2D eigenvalue weighted by atomic mass is 9.99. The van der Waals surface area contributed by atoms with E-state index >= 15 is 4.39 Å². The van der Waals surface area contributed by atoms with E-state index in [0.717, 1.165) is 5.39 Å². The number of allylic oxidation sites excluding steroid dienone is 1. The highest BCUT2D eigenvalue weighted by Crippen LogP contribution is 2.41. The molecule has 9 heteroatoms. The molecule has 0 saturated heterocycles. The maximum absolute atomic E-state index is 15.3. The summed E-state index contributed by atoms with van der Waals surface area (Å²) >= 11 is 1.30. The van der Waals surface area contributed by atoms with Crippen LogP contribution in [-0.2, 0) is 4.79 Å². The highest BCUT2D eigenvalue weighted by molar-refractivity contribution is 7.98. The average molecular weight is 382 g/mol. The highest BCUT2D eigenvalue weighted by atomic mass is 32.2. The molecule has 4 rings (SSSR count). The fourth-order valence-corrected chi connectivity index (χ4v) is 3.83. The number of imidazole rings is 1. The van der Waals surface area contributed by atoms with Gasteiger partial charge < -0.3 is 9.72 Å². The third-order valence-electron chi connectivity index (χ3n) is 4.24. The van der Waals surface area contributed by atoms with Gasteiger partial charge in [0.15, 0.2) is 11.5 Å². The van der Waals surface area contributed by atoms with E-state index < -0.39 is 0 Å². The summed E-state index contributed by atoms with van der Waals surface area (Å²) in [5, 5.41) is 10.2. The summed E-state index contributed by atoms with van der Waals surface area (Å²) in [4.78, 5) is 19.8. The van der Waals surface area contributed by atoms with Crippen molar-refractivity contribution in [2.45, 2.75) is 11.8 Å². The molecule has 0 aliphatic rings. The summed E-state index contributed by atoms with van der Waals surface area (Å²) in [5.41, 5.74) is 3.41. The Hall–Kier alpha value is -3.20. The summed E-state index contributed by atoms with van der Waals surface area (Å²) in [6.45, 7) is 5.66. The van der Waals surface area contributed by atoms with Crippen LogP contribution in [0.1, 0.15) is 12.5 Å². The highest BCUT2D eigenvalue weighted by Gasteiger charge is 2.23. The molecule has 2 N–H and O–H groups in total. The van der Waals surface area contributed by atoms with E-state index in [0.29, 0.717) is 50.7 Å². The maximum atomic E-state index is 15.3. The largest absolute Gasteiger partial charge is 0.312 e. The molecule has 7 nitrogen and oxygen atoms in total. The van der Waals surface area contributed by atoms with E-state index in [-0.39, 0.29) is 5.82 Å². The van der Waals surface area contributed by atoms with Gasteiger partial charge in [0.05, 0.1) is 34.7 Å². The molecule has 0 bridgehead atoms. The standard InChI is InChI=1S/C18H15FN6OS/c1-9(2)14-16(19)18(27-3)15(10-4-22-24-17(10)14)11-6-25-7-12(21-8-26)23-13(25)5-20-11/h4-8H,1H2,2-3H3,(H,21,26)(H,22,24). The van der Waals surface area contributed by atoms with Gasteiger partial charge >= 0.3 is 0 Å². The maximum Gasteiger partial charge on any atom is 0.212 e. The molecule has 136 valence electrons. The number of amides is 1. The van der Waals surface area contributed by atoms with E-state index in [1.54, 1.807) is 36.1 Å². The number of carbonyl (C=O) groups excluding carboxylic acids is 1. The monoisotopic (exact) mass is 382 g/mol. The summed E-state index contributed by atoms with van der Waals surface area (Å²) in [6.07, 6.45) is 9.03. The second-order valence-corrected chi connectivity index (χ2v) is 6.78. The molecule has 1 amide bonds. The molecule has 4 aromatic rings. The Labute approximate surface area is 157 Å². The van der Waals surface area contributed by atoms with Crippen molar-refractivity contribution in [2.24, 2.45) is 0 Å². The Morgan fingerprint density at radius 2 is 2.22 bits per heavy atom. The molecule has 0 aliphatic carbocycles. The first kappa shape index (κ1) is 17.2. The van der Waals surface area contributed by atoms with Crippen molar-refractivity contribution in [3.05, 3.63) is 42.7 Å². The first-order chi connectivity index (χ1) is 13.0. The van der Waals surface area contributed by atoms with E-state index in [4.69, 9.17) is 0 Å². The Balaban J connectivity index is 2.02. The van der Waals surface area contributed by atoms with Gasteiger partial charge in [-0.05, 0) is 18.8 Å². The number of benzene rings is 1. The molecule has 0 unspecified atom stereocenters. The third kappa shape index (κ3) is 2.67. The van der Waals surface area contributed by atoms with Crippen LogP contribution in [0.5, 0.6) is 0 Å². The molecule has 3 aromatic heterocycles. The van der Waals surface area contributed by atoms with Crippen LogP contribution in [0.25, 0.3) is 33.4 Å². The number of H-pyrrole nitrogens is 1. The molecular weight excluding hydrogens is 367 g/mol. The van der Waals surface area contributed by atoms with Crippen molar-refractivity contribution in [1.82, 2.24) is 24.6 Å². The smallest absolute Gasteiger partial charge is 0.212 e. The number of anilines is 1. The van der Waals surface area contributed by atoms with Crippen LogP contribution < -0.4 is 5.32 Å². The zero-order valence-electron chi connectivity index (χ0n) is 14.6. The molecule has 0 spiro atoms. The third-order valence-corrected chi connectivity index (χ3v) is 5.03. The van der Waals surface area contributed by atoms with Crippen LogP contribution >= 0.6 is 11.8 Å². The first-order valence-corrected chi connectivity index (χ1v) is 9.21. The van der Waals surface area contributed by atoms with Crippen LogP contribution in [0.15, 0.2) is 36.3 Å². The van der Waals surface area contributed by atoms with Crippen molar-refractivity contribution in [3.8, 4) is 11.3 Å². The van der Waals surface area contributed by atoms with Gasteiger partial charge in [-0.25, -0.2) is 9.37 Å². The number of aromatic nitrogens is 5. The lowest BCUT2D eigenvalue weighted by Crippen LogP contribution is -1.98. The SMILES string of the molecule is C=C(C)c1c(F)c(SC)c(-c2cn3cc(NC=O)nc3cn2)c2cn[nH]c12. The van der Waals surface area contributed by atoms with E-state index in [9.17, 15) is 4.79 Å². The zero-order valence-corrected chi connectivity index (χ0v) is 15.4. The number of aromatic amines is 1. The minimum absolute atomic E-state index is 0.349. The summed E-state index contributed by atoms with van der Waals surface area (Å²) < 4.78 is 17.0. The quantitative estimate of drug-likeness (QED) is 0.406. The van der Waals surface area contributed by atoms with Crippen molar-refractivity contribution in [3.63, 3.8) is 0 Å². The second kappa shape index (κ2) is 6.51. The fraction of sp³-hybridized carbons (Fsp3) is 0.111. The number of carbonyl (C=O) groups is 1. The normalized spacial score (nSPS) is 11.2. The van der Waals surface area contributed by atoms with Gasteiger partial charge in [0.2, 0.25) is 6.41 Å². The minimum atomic E-state index is -0.349. The van der Waals surface area contributed by atoms with Crippen LogP contribution in [0.2, 0.25) is 0 Å². The number of nitrogens with one attached hydrogen (secondary N) is 2. The average Bonchev–Trinajstić information content (AvgIpc) is 3.26. The Morgan fingerprint density at radius 1 is 1.41 bits per heavy atom. The van der Waals surface area contributed by atoms with Crippen LogP contribution in [-0.4, -0.2) is 37.2 Å². The van der Waals surface area contributed by atoms with Crippen molar-refractivity contribution >= 4 is 46.1 Å². The number of halogens is 1. The predicted molar refractivity (Wildman–Crippen MR) is 104 cm³/mol. The lowest BCUT2D eigenvalue weighted by Gasteiger charge is -2.14. The van der Waals surface area contributed by atoms with Gasteiger partial charge in [0.1, 0.15) is 5.82 Å². The van der Waals surface area contributed by atoms with Crippen LogP contribution in [0, 0.1) is 5.82 Å². The topological polar surface area (TPSA) is 88.0 Å². The predicted octanol–water partition coefficient (Wildman–Crippen LogP) is 3.74. The molecule has 0 atom stereocenters. The van der Waals surface area contributed by atoms with Crippen molar-refractivity contribution < 1.29 is 9.18 Å². The minimum Gasteiger partial charge on any atom is -0.312 e.